The highest BCUT2D eigenvalue weighted by Gasteiger charge is 2.49. The maximum Gasteiger partial charge on any atom is 0.314 e. The van der Waals surface area contributed by atoms with Gasteiger partial charge in [-0.2, -0.15) is 0 Å². The number of ether oxygens (including phenoxy) is 1. The summed E-state index contributed by atoms with van der Waals surface area (Å²) in [5, 5.41) is 20.6. The molecule has 1 saturated heterocycles. The topological polar surface area (TPSA) is 100.0 Å². The number of carboxylic acids is 1. The molecule has 0 spiro atoms. The van der Waals surface area contributed by atoms with Crippen LogP contribution < -0.4 is 4.74 Å². The molecule has 2 heterocycles. The number of aliphatic hydroxyl groups is 1. The number of benzene rings is 1. The Labute approximate surface area is 170 Å². The Balaban J connectivity index is 1.77. The van der Waals surface area contributed by atoms with E-state index in [1.54, 1.807) is 12.1 Å². The maximum atomic E-state index is 13.0. The lowest BCUT2D eigenvalue weighted by Crippen LogP contribution is -2.57. The average Bonchev–Trinajstić information content (AvgIpc) is 2.75. The van der Waals surface area contributed by atoms with Crippen molar-refractivity contribution in [1.29, 1.82) is 0 Å². The van der Waals surface area contributed by atoms with Gasteiger partial charge in [-0.1, -0.05) is 30.3 Å². The van der Waals surface area contributed by atoms with Crippen LogP contribution in [0.4, 0.5) is 0 Å². The Kier molecular flexibility index (Phi) is 6.49. The van der Waals surface area contributed by atoms with E-state index in [1.807, 2.05) is 30.3 Å². The number of hydrogen-bond acceptors (Lipinski definition) is 5. The number of carbonyl (C=O) groups excluding carboxylic acids is 1. The van der Waals surface area contributed by atoms with Gasteiger partial charge in [0.25, 0.3) is 5.91 Å². The maximum absolute atomic E-state index is 13.0. The number of aliphatic hydroxyl groups excluding tert-OH is 1. The van der Waals surface area contributed by atoms with Crippen molar-refractivity contribution in [2.75, 3.05) is 20.2 Å². The first kappa shape index (κ1) is 20.8. The van der Waals surface area contributed by atoms with Gasteiger partial charge in [0.05, 0.1) is 13.2 Å². The molecule has 0 aliphatic carbocycles. The molecular weight excluding hydrogens is 372 g/mol. The minimum absolute atomic E-state index is 0.0465. The van der Waals surface area contributed by atoms with Crippen molar-refractivity contribution < 1.29 is 24.5 Å². The van der Waals surface area contributed by atoms with Gasteiger partial charge in [-0.15, -0.1) is 0 Å². The number of aromatic nitrogens is 1. The smallest absolute Gasteiger partial charge is 0.314 e. The molecule has 2 N–H and O–H groups in total. The van der Waals surface area contributed by atoms with Gasteiger partial charge in [0.15, 0.2) is 0 Å². The van der Waals surface area contributed by atoms with Crippen molar-refractivity contribution in [1.82, 2.24) is 9.88 Å². The number of carboxylic acid groups (broad SMARTS) is 1. The van der Waals surface area contributed by atoms with Crippen LogP contribution in [0.25, 0.3) is 0 Å². The highest BCUT2D eigenvalue weighted by atomic mass is 16.5. The van der Waals surface area contributed by atoms with Crippen LogP contribution in [0.5, 0.6) is 5.88 Å². The first-order chi connectivity index (χ1) is 14.0. The SMILES string of the molecule is COc1ncccc1C(=O)N1CC[C@@H](O)[C@](CCCc2ccccc2)(C(=O)O)C1. The van der Waals surface area contributed by atoms with Crippen LogP contribution >= 0.6 is 0 Å². The third-order valence-electron chi connectivity index (χ3n) is 5.62. The Morgan fingerprint density at radius 1 is 1.24 bits per heavy atom. The summed E-state index contributed by atoms with van der Waals surface area (Å²) in [6.45, 7) is 0.237. The summed E-state index contributed by atoms with van der Waals surface area (Å²) in [4.78, 5) is 30.8. The largest absolute Gasteiger partial charge is 0.481 e. The summed E-state index contributed by atoms with van der Waals surface area (Å²) in [6.07, 6.45) is 2.34. The monoisotopic (exact) mass is 398 g/mol. The van der Waals surface area contributed by atoms with Gasteiger partial charge < -0.3 is 19.8 Å². The van der Waals surface area contributed by atoms with Gasteiger partial charge in [-0.3, -0.25) is 9.59 Å². The lowest BCUT2D eigenvalue weighted by molar-refractivity contribution is -0.162. The molecule has 0 bridgehead atoms. The summed E-state index contributed by atoms with van der Waals surface area (Å²) in [6, 6.07) is 13.1. The fraction of sp³-hybridized carbons (Fsp3) is 0.409. The van der Waals surface area contributed by atoms with Gasteiger partial charge in [0.2, 0.25) is 5.88 Å². The molecule has 1 aliphatic rings. The normalized spacial score (nSPS) is 21.6. The molecule has 1 aromatic heterocycles. The van der Waals surface area contributed by atoms with E-state index < -0.39 is 17.5 Å². The molecule has 29 heavy (non-hydrogen) atoms. The molecule has 154 valence electrons. The molecule has 0 saturated carbocycles. The highest BCUT2D eigenvalue weighted by Crippen LogP contribution is 2.37. The molecule has 3 rings (SSSR count). The van der Waals surface area contributed by atoms with E-state index in [9.17, 15) is 19.8 Å². The third kappa shape index (κ3) is 4.40. The Hall–Kier alpha value is -2.93. The molecule has 1 aliphatic heterocycles. The minimum atomic E-state index is -1.39. The average molecular weight is 398 g/mol. The lowest BCUT2D eigenvalue weighted by Gasteiger charge is -2.43. The zero-order valence-corrected chi connectivity index (χ0v) is 16.5. The molecule has 7 nitrogen and oxygen atoms in total. The van der Waals surface area contributed by atoms with Crippen molar-refractivity contribution in [3.63, 3.8) is 0 Å². The molecule has 0 unspecified atom stereocenters. The van der Waals surface area contributed by atoms with Gasteiger partial charge in [0, 0.05) is 19.3 Å². The zero-order chi connectivity index (χ0) is 20.9. The van der Waals surface area contributed by atoms with E-state index >= 15 is 0 Å². The van der Waals surface area contributed by atoms with Gasteiger partial charge in [-0.05, 0) is 43.4 Å². The second-order valence-corrected chi connectivity index (χ2v) is 7.39. The van der Waals surface area contributed by atoms with Crippen LogP contribution in [0.15, 0.2) is 48.7 Å². The molecular formula is C22H26N2O5. The van der Waals surface area contributed by atoms with E-state index in [2.05, 4.69) is 4.98 Å². The van der Waals surface area contributed by atoms with Crippen LogP contribution in [-0.4, -0.2) is 58.3 Å². The number of aryl methyl sites for hydroxylation is 1. The van der Waals surface area contributed by atoms with E-state index in [4.69, 9.17) is 4.74 Å². The Morgan fingerprint density at radius 3 is 2.69 bits per heavy atom. The number of piperidine rings is 1. The number of methoxy groups -OCH3 is 1. The fourth-order valence-corrected chi connectivity index (χ4v) is 3.95. The van der Waals surface area contributed by atoms with Gasteiger partial charge in [0.1, 0.15) is 11.0 Å². The predicted molar refractivity (Wildman–Crippen MR) is 107 cm³/mol. The van der Waals surface area contributed by atoms with Crippen LogP contribution in [-0.2, 0) is 11.2 Å². The van der Waals surface area contributed by atoms with E-state index in [0.29, 0.717) is 12.8 Å². The molecule has 0 radical (unpaired) electrons. The second kappa shape index (κ2) is 9.05. The van der Waals surface area contributed by atoms with Crippen molar-refractivity contribution in [3.05, 3.63) is 59.8 Å². The number of carbonyl (C=O) groups is 2. The standard InChI is InChI=1S/C22H26N2O5/c1-29-19-17(10-6-13-23-19)20(26)24-14-11-18(25)22(15-24,21(27)28)12-5-9-16-7-3-2-4-8-16/h2-4,6-8,10,13,18,25H,5,9,11-12,14-15H2,1H3,(H,27,28)/t18-,22-/m1/s1. The quantitative estimate of drug-likeness (QED) is 0.743. The second-order valence-electron chi connectivity index (χ2n) is 7.39. The summed E-state index contributed by atoms with van der Waals surface area (Å²) < 4.78 is 5.17. The first-order valence-electron chi connectivity index (χ1n) is 9.71. The molecule has 1 aromatic carbocycles. The molecule has 7 heteroatoms. The Morgan fingerprint density at radius 2 is 2.00 bits per heavy atom. The minimum Gasteiger partial charge on any atom is -0.481 e. The van der Waals surface area contributed by atoms with E-state index in [1.165, 1.54) is 18.2 Å². The molecule has 1 fully saturated rings. The molecule has 2 atom stereocenters. The highest BCUT2D eigenvalue weighted by molar-refractivity contribution is 5.96. The number of rotatable bonds is 7. The first-order valence-corrected chi connectivity index (χ1v) is 9.71. The summed E-state index contributed by atoms with van der Waals surface area (Å²) >= 11 is 0. The number of aliphatic carboxylic acids is 1. The summed E-state index contributed by atoms with van der Waals surface area (Å²) in [7, 11) is 1.43. The number of likely N-dealkylation sites (tertiary alicyclic amines) is 1. The molecule has 2 aromatic rings. The fourth-order valence-electron chi connectivity index (χ4n) is 3.95. The Bertz CT molecular complexity index is 857. The van der Waals surface area contributed by atoms with Crippen LogP contribution in [0.2, 0.25) is 0 Å². The van der Waals surface area contributed by atoms with Crippen LogP contribution in [0, 0.1) is 5.41 Å². The third-order valence-corrected chi connectivity index (χ3v) is 5.62. The lowest BCUT2D eigenvalue weighted by atomic mass is 9.73. The summed E-state index contributed by atoms with van der Waals surface area (Å²) in [5.74, 6) is -1.21. The van der Waals surface area contributed by atoms with Crippen LogP contribution in [0.3, 0.4) is 0 Å². The van der Waals surface area contributed by atoms with E-state index in [0.717, 1.165) is 5.56 Å². The van der Waals surface area contributed by atoms with Crippen LogP contribution in [0.1, 0.15) is 35.2 Å². The number of hydrogen-bond donors (Lipinski definition) is 2. The van der Waals surface area contributed by atoms with Crippen molar-refractivity contribution in [2.24, 2.45) is 5.41 Å². The predicted octanol–water partition coefficient (Wildman–Crippen LogP) is 2.39. The van der Waals surface area contributed by atoms with Gasteiger partial charge >= 0.3 is 5.97 Å². The number of amides is 1. The van der Waals surface area contributed by atoms with Crippen molar-refractivity contribution in [3.8, 4) is 5.88 Å². The van der Waals surface area contributed by atoms with Crippen molar-refractivity contribution in [2.45, 2.75) is 31.8 Å². The number of nitrogens with zero attached hydrogens (tertiary/aromatic N) is 2. The van der Waals surface area contributed by atoms with E-state index in [-0.39, 0.29) is 43.3 Å². The summed E-state index contributed by atoms with van der Waals surface area (Å²) in [5.41, 5.74) is 0.0133. The van der Waals surface area contributed by atoms with Gasteiger partial charge in [-0.25, -0.2) is 4.98 Å². The molecule has 1 amide bonds. The number of pyridine rings is 1. The van der Waals surface area contributed by atoms with Crippen molar-refractivity contribution >= 4 is 11.9 Å². The zero-order valence-electron chi connectivity index (χ0n) is 16.5.